The number of hydrogen-bond donors (Lipinski definition) is 1. The van der Waals surface area contributed by atoms with E-state index in [9.17, 15) is 19.5 Å². The number of carbonyl (C=O) groups excluding carboxylic acids is 2. The summed E-state index contributed by atoms with van der Waals surface area (Å²) >= 11 is 0. The van der Waals surface area contributed by atoms with Gasteiger partial charge in [-0.2, -0.15) is 0 Å². The third-order valence-electron chi connectivity index (χ3n) is 3.01. The molecular weight excluding hydrogens is 266 g/mol. The third kappa shape index (κ3) is 2.29. The second kappa shape index (κ2) is 5.20. The number of rotatable bonds is 4. The van der Waals surface area contributed by atoms with Crippen LogP contribution < -0.4 is 14.4 Å². The van der Waals surface area contributed by atoms with E-state index in [0.29, 0.717) is 5.75 Å². The van der Waals surface area contributed by atoms with Gasteiger partial charge in [0.25, 0.3) is 0 Å². The summed E-state index contributed by atoms with van der Waals surface area (Å²) < 4.78 is 10.1. The van der Waals surface area contributed by atoms with E-state index in [1.807, 2.05) is 0 Å². The maximum atomic E-state index is 11.8. The number of Topliss-reactive ketones (excluding diaryl/α,β-unsaturated/α-hetero) is 1. The quantitative estimate of drug-likeness (QED) is 0.816. The first kappa shape index (κ1) is 13.9. The highest BCUT2D eigenvalue weighted by Gasteiger charge is 2.32. The number of methoxy groups -OCH3 is 2. The highest BCUT2D eigenvalue weighted by atomic mass is 16.5. The highest BCUT2D eigenvalue weighted by Crippen LogP contribution is 2.36. The van der Waals surface area contributed by atoms with Crippen molar-refractivity contribution < 1.29 is 29.0 Å². The lowest BCUT2D eigenvalue weighted by Crippen LogP contribution is -2.26. The Kier molecular flexibility index (Phi) is 3.60. The minimum absolute atomic E-state index is 0.120. The molecule has 0 bridgehead atoms. The molecule has 1 amide bonds. The van der Waals surface area contributed by atoms with Crippen LogP contribution in [0.1, 0.15) is 16.8 Å². The lowest BCUT2D eigenvalue weighted by molar-refractivity contribution is -0.121. The van der Waals surface area contributed by atoms with E-state index in [0.717, 1.165) is 4.90 Å². The van der Waals surface area contributed by atoms with Crippen LogP contribution in [0.2, 0.25) is 0 Å². The molecule has 2 rings (SSSR count). The van der Waals surface area contributed by atoms with Crippen LogP contribution in [0.25, 0.3) is 0 Å². The minimum Gasteiger partial charge on any atom is -0.493 e. The Morgan fingerprint density at radius 1 is 1.20 bits per heavy atom. The van der Waals surface area contributed by atoms with Gasteiger partial charge in [-0.3, -0.25) is 9.59 Å². The van der Waals surface area contributed by atoms with Crippen LogP contribution in [0.15, 0.2) is 12.1 Å². The van der Waals surface area contributed by atoms with E-state index in [1.165, 1.54) is 26.4 Å². The highest BCUT2D eigenvalue weighted by molar-refractivity contribution is 6.16. The molecule has 0 saturated carbocycles. The molecule has 1 saturated heterocycles. The van der Waals surface area contributed by atoms with E-state index in [1.54, 1.807) is 0 Å². The first-order chi connectivity index (χ1) is 9.47. The maximum absolute atomic E-state index is 11.8. The summed E-state index contributed by atoms with van der Waals surface area (Å²) in [6.07, 6.45) is -0.215. The zero-order chi connectivity index (χ0) is 14.9. The molecule has 0 unspecified atom stereocenters. The predicted octanol–water partition coefficient (Wildman–Crippen LogP) is 0.708. The molecule has 0 atom stereocenters. The zero-order valence-electron chi connectivity index (χ0n) is 11.0. The van der Waals surface area contributed by atoms with Gasteiger partial charge in [-0.15, -0.1) is 0 Å². The summed E-state index contributed by atoms with van der Waals surface area (Å²) in [6, 6.07) is 2.66. The summed E-state index contributed by atoms with van der Waals surface area (Å²) in [5.74, 6) is -1.36. The maximum Gasteiger partial charge on any atom is 0.337 e. The second-order valence-electron chi connectivity index (χ2n) is 4.22. The molecule has 1 N–H and O–H groups in total. The molecule has 7 nitrogen and oxygen atoms in total. The number of ketones is 1. The fourth-order valence-electron chi connectivity index (χ4n) is 2.07. The standard InChI is InChI=1S/C13H13NO6/c1-19-10-4-8(13(17)18)9(5-11(10)20-2)14-6-7(15)3-12(14)16/h4-5H,3,6H2,1-2H3,(H,17,18). The van der Waals surface area contributed by atoms with E-state index >= 15 is 0 Å². The Balaban J connectivity index is 2.58. The van der Waals surface area contributed by atoms with Crippen molar-refractivity contribution in [3.63, 3.8) is 0 Å². The van der Waals surface area contributed by atoms with Crippen molar-refractivity contribution in [1.29, 1.82) is 0 Å². The number of carboxylic acids is 1. The summed E-state index contributed by atoms with van der Waals surface area (Å²) in [6.45, 7) is -0.130. The average Bonchev–Trinajstić information content (AvgIpc) is 2.75. The normalized spacial score (nSPS) is 14.6. The van der Waals surface area contributed by atoms with Gasteiger partial charge in [-0.1, -0.05) is 0 Å². The number of anilines is 1. The lowest BCUT2D eigenvalue weighted by atomic mass is 10.1. The van der Waals surface area contributed by atoms with E-state index in [4.69, 9.17) is 9.47 Å². The molecule has 1 aromatic rings. The Morgan fingerprint density at radius 2 is 1.80 bits per heavy atom. The molecule has 20 heavy (non-hydrogen) atoms. The first-order valence-corrected chi connectivity index (χ1v) is 5.79. The van der Waals surface area contributed by atoms with Crippen molar-refractivity contribution in [2.24, 2.45) is 0 Å². The number of carbonyl (C=O) groups is 3. The van der Waals surface area contributed by atoms with Gasteiger partial charge in [0, 0.05) is 12.1 Å². The molecule has 1 heterocycles. The van der Waals surface area contributed by atoms with Crippen LogP contribution in [0, 0.1) is 0 Å². The Bertz CT molecular complexity index is 595. The molecule has 1 aromatic carbocycles. The fraction of sp³-hybridized carbons (Fsp3) is 0.308. The minimum atomic E-state index is -1.21. The molecule has 7 heteroatoms. The SMILES string of the molecule is COc1cc(C(=O)O)c(N2CC(=O)CC2=O)cc1OC. The molecular formula is C13H13NO6. The Hall–Kier alpha value is -2.57. The van der Waals surface area contributed by atoms with Crippen LogP contribution >= 0.6 is 0 Å². The van der Waals surface area contributed by atoms with Crippen molar-refractivity contribution in [3.8, 4) is 11.5 Å². The van der Waals surface area contributed by atoms with Gasteiger partial charge in [0.15, 0.2) is 17.3 Å². The lowest BCUT2D eigenvalue weighted by Gasteiger charge is -2.19. The van der Waals surface area contributed by atoms with Crippen molar-refractivity contribution in [2.45, 2.75) is 6.42 Å². The zero-order valence-corrected chi connectivity index (χ0v) is 11.0. The number of aromatic carboxylic acids is 1. The van der Waals surface area contributed by atoms with Gasteiger partial charge < -0.3 is 19.5 Å². The summed E-state index contributed by atoms with van der Waals surface area (Å²) in [5, 5.41) is 9.24. The van der Waals surface area contributed by atoms with Crippen LogP contribution in [0.3, 0.4) is 0 Å². The Labute approximate surface area is 114 Å². The smallest absolute Gasteiger partial charge is 0.337 e. The van der Waals surface area contributed by atoms with E-state index < -0.39 is 11.9 Å². The summed E-state index contributed by atoms with van der Waals surface area (Å²) in [5.41, 5.74) is 0.0108. The van der Waals surface area contributed by atoms with Crippen LogP contribution in [-0.4, -0.2) is 43.5 Å². The topological polar surface area (TPSA) is 93.1 Å². The third-order valence-corrected chi connectivity index (χ3v) is 3.01. The summed E-state index contributed by atoms with van der Waals surface area (Å²) in [7, 11) is 2.78. The molecule has 1 aliphatic rings. The molecule has 0 spiro atoms. The van der Waals surface area contributed by atoms with Gasteiger partial charge >= 0.3 is 5.97 Å². The molecule has 106 valence electrons. The van der Waals surface area contributed by atoms with E-state index in [-0.39, 0.29) is 35.7 Å². The van der Waals surface area contributed by atoms with Crippen LogP contribution in [0.4, 0.5) is 5.69 Å². The molecule has 0 aliphatic carbocycles. The first-order valence-electron chi connectivity index (χ1n) is 5.79. The molecule has 1 fully saturated rings. The van der Waals surface area contributed by atoms with Gasteiger partial charge in [0.1, 0.15) is 0 Å². The van der Waals surface area contributed by atoms with Crippen molar-refractivity contribution in [2.75, 3.05) is 25.7 Å². The Morgan fingerprint density at radius 3 is 2.25 bits per heavy atom. The number of carboxylic acid groups (broad SMARTS) is 1. The van der Waals surface area contributed by atoms with Crippen molar-refractivity contribution >= 4 is 23.3 Å². The van der Waals surface area contributed by atoms with Crippen molar-refractivity contribution in [1.82, 2.24) is 0 Å². The second-order valence-corrected chi connectivity index (χ2v) is 4.22. The number of benzene rings is 1. The van der Waals surface area contributed by atoms with E-state index in [2.05, 4.69) is 0 Å². The number of nitrogens with zero attached hydrogens (tertiary/aromatic N) is 1. The monoisotopic (exact) mass is 279 g/mol. The molecule has 1 aliphatic heterocycles. The van der Waals surface area contributed by atoms with Crippen LogP contribution in [-0.2, 0) is 9.59 Å². The largest absolute Gasteiger partial charge is 0.493 e. The average molecular weight is 279 g/mol. The van der Waals surface area contributed by atoms with Crippen LogP contribution in [0.5, 0.6) is 11.5 Å². The van der Waals surface area contributed by atoms with Gasteiger partial charge in [0.05, 0.1) is 38.4 Å². The number of ether oxygens (including phenoxy) is 2. The molecule has 0 aromatic heterocycles. The van der Waals surface area contributed by atoms with Crippen molar-refractivity contribution in [3.05, 3.63) is 17.7 Å². The number of hydrogen-bond acceptors (Lipinski definition) is 5. The predicted molar refractivity (Wildman–Crippen MR) is 68.5 cm³/mol. The van der Waals surface area contributed by atoms with Gasteiger partial charge in [-0.25, -0.2) is 4.79 Å². The molecule has 0 radical (unpaired) electrons. The summed E-state index contributed by atoms with van der Waals surface area (Å²) in [4.78, 5) is 35.5. The number of amides is 1. The fourth-order valence-corrected chi connectivity index (χ4v) is 2.07. The van der Waals surface area contributed by atoms with Gasteiger partial charge in [-0.05, 0) is 0 Å². The van der Waals surface area contributed by atoms with Gasteiger partial charge in [0.2, 0.25) is 5.91 Å².